The fourth-order valence-corrected chi connectivity index (χ4v) is 1.73. The largest absolute Gasteiger partial charge is 0.324 e. The van der Waals surface area contributed by atoms with Crippen molar-refractivity contribution in [3.05, 3.63) is 54.2 Å². The SMILES string of the molecule is Cc1ccc2nnc(Nc3ccccc3)n2c1. The number of aromatic nitrogens is 3. The predicted octanol–water partition coefficient (Wildman–Crippen LogP) is 2.78. The molecule has 0 aliphatic heterocycles. The van der Waals surface area contributed by atoms with Crippen LogP contribution >= 0.6 is 0 Å². The van der Waals surface area contributed by atoms with Gasteiger partial charge in [0.1, 0.15) is 0 Å². The molecule has 0 fully saturated rings. The van der Waals surface area contributed by atoms with E-state index in [0.717, 1.165) is 17.3 Å². The van der Waals surface area contributed by atoms with Crippen molar-refractivity contribution in [1.82, 2.24) is 14.6 Å². The van der Waals surface area contributed by atoms with Crippen LogP contribution in [0.2, 0.25) is 0 Å². The van der Waals surface area contributed by atoms with E-state index < -0.39 is 0 Å². The monoisotopic (exact) mass is 224 g/mol. The molecule has 1 N–H and O–H groups in total. The van der Waals surface area contributed by atoms with Gasteiger partial charge in [-0.3, -0.25) is 4.40 Å². The number of rotatable bonds is 2. The van der Waals surface area contributed by atoms with Crippen LogP contribution in [0.3, 0.4) is 0 Å². The third kappa shape index (κ3) is 1.85. The number of hydrogen-bond acceptors (Lipinski definition) is 3. The Balaban J connectivity index is 2.03. The molecular formula is C13H12N4. The van der Waals surface area contributed by atoms with Crippen LogP contribution in [-0.2, 0) is 0 Å². The molecule has 0 aliphatic rings. The Morgan fingerprint density at radius 1 is 1.00 bits per heavy atom. The first-order valence-electron chi connectivity index (χ1n) is 5.46. The third-order valence-electron chi connectivity index (χ3n) is 2.58. The summed E-state index contributed by atoms with van der Waals surface area (Å²) in [7, 11) is 0. The highest BCUT2D eigenvalue weighted by molar-refractivity contribution is 5.56. The highest BCUT2D eigenvalue weighted by atomic mass is 15.3. The van der Waals surface area contributed by atoms with Gasteiger partial charge >= 0.3 is 0 Å². The van der Waals surface area contributed by atoms with E-state index in [2.05, 4.69) is 15.5 Å². The van der Waals surface area contributed by atoms with Crippen LogP contribution in [0.4, 0.5) is 11.6 Å². The third-order valence-corrected chi connectivity index (χ3v) is 2.58. The molecule has 0 aliphatic carbocycles. The number of hydrogen-bond donors (Lipinski definition) is 1. The van der Waals surface area contributed by atoms with Crippen LogP contribution in [0.25, 0.3) is 5.65 Å². The molecule has 2 aromatic heterocycles. The first-order valence-corrected chi connectivity index (χ1v) is 5.46. The molecule has 4 nitrogen and oxygen atoms in total. The Kier molecular flexibility index (Phi) is 2.26. The summed E-state index contributed by atoms with van der Waals surface area (Å²) in [6.45, 7) is 2.05. The van der Waals surface area contributed by atoms with Crippen LogP contribution in [0.15, 0.2) is 48.7 Å². The summed E-state index contributed by atoms with van der Waals surface area (Å²) in [6.07, 6.45) is 2.01. The number of para-hydroxylation sites is 1. The Morgan fingerprint density at radius 3 is 2.65 bits per heavy atom. The molecule has 84 valence electrons. The molecule has 0 unspecified atom stereocenters. The minimum atomic E-state index is 0.731. The lowest BCUT2D eigenvalue weighted by molar-refractivity contribution is 1.10. The number of nitrogens with one attached hydrogen (secondary N) is 1. The molecule has 0 bridgehead atoms. The van der Waals surface area contributed by atoms with E-state index in [0.29, 0.717) is 0 Å². The predicted molar refractivity (Wildman–Crippen MR) is 67.4 cm³/mol. The Bertz CT molecular complexity index is 643. The molecule has 1 aromatic carbocycles. The van der Waals surface area contributed by atoms with E-state index in [1.54, 1.807) is 0 Å². The standard InChI is InChI=1S/C13H12N4/c1-10-7-8-12-15-16-13(17(12)9-10)14-11-5-3-2-4-6-11/h2-9H,1H3,(H,14,16). The van der Waals surface area contributed by atoms with E-state index in [-0.39, 0.29) is 0 Å². The van der Waals surface area contributed by atoms with Gasteiger partial charge in [0.05, 0.1) is 0 Å². The second-order valence-electron chi connectivity index (χ2n) is 3.95. The van der Waals surface area contributed by atoms with Gasteiger partial charge in [0.15, 0.2) is 5.65 Å². The Morgan fingerprint density at radius 2 is 1.82 bits per heavy atom. The van der Waals surface area contributed by atoms with Gasteiger partial charge in [0, 0.05) is 11.9 Å². The highest BCUT2D eigenvalue weighted by Gasteiger charge is 2.04. The number of anilines is 2. The van der Waals surface area contributed by atoms with Gasteiger partial charge in [-0.1, -0.05) is 24.3 Å². The van der Waals surface area contributed by atoms with Gasteiger partial charge in [-0.15, -0.1) is 10.2 Å². The molecular weight excluding hydrogens is 212 g/mol. The second kappa shape index (κ2) is 3.90. The maximum absolute atomic E-state index is 4.13. The first-order chi connectivity index (χ1) is 8.33. The lowest BCUT2D eigenvalue weighted by Gasteiger charge is -2.04. The van der Waals surface area contributed by atoms with Crippen LogP contribution in [0.1, 0.15) is 5.56 Å². The van der Waals surface area contributed by atoms with Crippen LogP contribution in [0, 0.1) is 6.92 Å². The van der Waals surface area contributed by atoms with Gasteiger partial charge in [0.2, 0.25) is 5.95 Å². The molecule has 0 saturated heterocycles. The van der Waals surface area contributed by atoms with Crippen molar-refractivity contribution in [2.75, 3.05) is 5.32 Å². The number of benzene rings is 1. The Hall–Kier alpha value is -2.36. The maximum Gasteiger partial charge on any atom is 0.233 e. The maximum atomic E-state index is 4.13. The summed E-state index contributed by atoms with van der Waals surface area (Å²) in [5, 5.41) is 11.5. The molecule has 0 radical (unpaired) electrons. The van der Waals surface area contributed by atoms with Gasteiger partial charge in [-0.05, 0) is 30.7 Å². The summed E-state index contributed by atoms with van der Waals surface area (Å²) < 4.78 is 1.95. The van der Waals surface area contributed by atoms with Gasteiger partial charge < -0.3 is 5.32 Å². The zero-order chi connectivity index (χ0) is 11.7. The first kappa shape index (κ1) is 9.84. The molecule has 0 atom stereocenters. The molecule has 3 aromatic rings. The van der Waals surface area contributed by atoms with E-state index in [4.69, 9.17) is 0 Å². The van der Waals surface area contributed by atoms with Crippen LogP contribution < -0.4 is 5.32 Å². The lowest BCUT2D eigenvalue weighted by atomic mass is 10.3. The summed E-state index contributed by atoms with van der Waals surface area (Å²) in [5.41, 5.74) is 3.02. The highest BCUT2D eigenvalue weighted by Crippen LogP contribution is 2.15. The van der Waals surface area contributed by atoms with Gasteiger partial charge in [0.25, 0.3) is 0 Å². The average molecular weight is 224 g/mol. The second-order valence-corrected chi connectivity index (χ2v) is 3.95. The smallest absolute Gasteiger partial charge is 0.233 e. The molecule has 17 heavy (non-hydrogen) atoms. The number of nitrogens with zero attached hydrogens (tertiary/aromatic N) is 3. The Labute approximate surface area is 98.9 Å². The number of aryl methyl sites for hydroxylation is 1. The lowest BCUT2D eigenvalue weighted by Crippen LogP contribution is -1.96. The van der Waals surface area contributed by atoms with Crippen molar-refractivity contribution in [3.8, 4) is 0 Å². The zero-order valence-corrected chi connectivity index (χ0v) is 9.46. The van der Waals surface area contributed by atoms with E-state index >= 15 is 0 Å². The molecule has 4 heteroatoms. The molecule has 3 rings (SSSR count). The van der Waals surface area contributed by atoms with Crippen molar-refractivity contribution in [2.24, 2.45) is 0 Å². The van der Waals surface area contributed by atoms with Crippen LogP contribution in [-0.4, -0.2) is 14.6 Å². The quantitative estimate of drug-likeness (QED) is 0.727. The minimum Gasteiger partial charge on any atom is -0.324 e. The fourth-order valence-electron chi connectivity index (χ4n) is 1.73. The molecule has 0 saturated carbocycles. The van der Waals surface area contributed by atoms with Crippen LogP contribution in [0.5, 0.6) is 0 Å². The van der Waals surface area contributed by atoms with Crippen molar-refractivity contribution in [2.45, 2.75) is 6.92 Å². The molecule has 0 spiro atoms. The van der Waals surface area contributed by atoms with E-state index in [1.807, 2.05) is 60.0 Å². The number of pyridine rings is 1. The normalized spacial score (nSPS) is 10.6. The molecule has 0 amide bonds. The topological polar surface area (TPSA) is 42.2 Å². The molecule has 2 heterocycles. The van der Waals surface area contributed by atoms with E-state index in [9.17, 15) is 0 Å². The average Bonchev–Trinajstić information content (AvgIpc) is 2.73. The zero-order valence-electron chi connectivity index (χ0n) is 9.46. The van der Waals surface area contributed by atoms with Gasteiger partial charge in [-0.25, -0.2) is 0 Å². The minimum absolute atomic E-state index is 0.731. The van der Waals surface area contributed by atoms with Crippen molar-refractivity contribution < 1.29 is 0 Å². The summed E-state index contributed by atoms with van der Waals surface area (Å²) in [6, 6.07) is 13.9. The number of fused-ring (bicyclic) bond motifs is 1. The van der Waals surface area contributed by atoms with Crippen molar-refractivity contribution in [3.63, 3.8) is 0 Å². The fraction of sp³-hybridized carbons (Fsp3) is 0.0769. The van der Waals surface area contributed by atoms with Crippen molar-refractivity contribution in [1.29, 1.82) is 0 Å². The van der Waals surface area contributed by atoms with E-state index in [1.165, 1.54) is 5.56 Å². The van der Waals surface area contributed by atoms with Gasteiger partial charge in [-0.2, -0.15) is 0 Å². The van der Waals surface area contributed by atoms with Crippen molar-refractivity contribution >= 4 is 17.3 Å². The summed E-state index contributed by atoms with van der Waals surface area (Å²) >= 11 is 0. The summed E-state index contributed by atoms with van der Waals surface area (Å²) in [4.78, 5) is 0. The summed E-state index contributed by atoms with van der Waals surface area (Å²) in [5.74, 6) is 0.731.